The van der Waals surface area contributed by atoms with Gasteiger partial charge in [0, 0.05) is 12.6 Å². The number of rotatable bonds is 6. The summed E-state index contributed by atoms with van der Waals surface area (Å²) in [4.78, 5) is 23.1. The zero-order valence-electron chi connectivity index (χ0n) is 14.5. The minimum atomic E-state index is -0.206. The fourth-order valence-corrected chi connectivity index (χ4v) is 2.55. The van der Waals surface area contributed by atoms with Crippen molar-refractivity contribution in [3.05, 3.63) is 52.5 Å². The Hall–Kier alpha value is -2.53. The zero-order valence-corrected chi connectivity index (χ0v) is 15.2. The van der Waals surface area contributed by atoms with Crippen LogP contribution in [0.1, 0.15) is 24.5 Å². The largest absolute Gasteiger partial charge is 0.493 e. The molecule has 0 radical (unpaired) electrons. The number of nitrogens with one attached hydrogen (secondary N) is 2. The van der Waals surface area contributed by atoms with Crippen molar-refractivity contribution in [2.24, 2.45) is 0 Å². The summed E-state index contributed by atoms with van der Waals surface area (Å²) >= 11 is 6.08. The van der Waals surface area contributed by atoms with E-state index in [1.165, 1.54) is 12.5 Å². The van der Waals surface area contributed by atoms with E-state index in [1.807, 2.05) is 32.0 Å². The first kappa shape index (κ1) is 18.8. The third kappa shape index (κ3) is 5.80. The van der Waals surface area contributed by atoms with Gasteiger partial charge in [-0.05, 0) is 43.7 Å². The lowest BCUT2D eigenvalue weighted by Gasteiger charge is -2.11. The normalized spacial score (nSPS) is 10.2. The minimum Gasteiger partial charge on any atom is -0.493 e. The van der Waals surface area contributed by atoms with Gasteiger partial charge in [-0.2, -0.15) is 0 Å². The van der Waals surface area contributed by atoms with Gasteiger partial charge in [-0.15, -0.1) is 0 Å². The van der Waals surface area contributed by atoms with Crippen LogP contribution < -0.4 is 15.4 Å². The van der Waals surface area contributed by atoms with Crippen LogP contribution in [0.15, 0.2) is 36.4 Å². The van der Waals surface area contributed by atoms with Crippen LogP contribution in [0.25, 0.3) is 0 Å². The van der Waals surface area contributed by atoms with Crippen molar-refractivity contribution in [2.45, 2.75) is 27.2 Å². The Morgan fingerprint density at radius 2 is 1.84 bits per heavy atom. The molecule has 0 aliphatic carbocycles. The van der Waals surface area contributed by atoms with Crippen molar-refractivity contribution in [2.75, 3.05) is 17.2 Å². The molecule has 0 spiro atoms. The predicted octanol–water partition coefficient (Wildman–Crippen LogP) is 4.32. The van der Waals surface area contributed by atoms with Crippen LogP contribution in [0.3, 0.4) is 0 Å². The standard InChI is InChI=1S/C19H21ClN2O3/c1-12-4-7-18(13(2)10-12)25-9-8-19(24)22-15-5-6-17(16(20)11-15)21-14(3)23/h4-7,10-11H,8-9H2,1-3H3,(H,21,23)(H,22,24). The van der Waals surface area contributed by atoms with Crippen LogP contribution in [0, 0.1) is 13.8 Å². The molecule has 6 heteroatoms. The number of amides is 2. The maximum absolute atomic E-state index is 12.0. The summed E-state index contributed by atoms with van der Waals surface area (Å²) in [7, 11) is 0. The molecule has 0 heterocycles. The SMILES string of the molecule is CC(=O)Nc1ccc(NC(=O)CCOc2ccc(C)cc2C)cc1Cl. The van der Waals surface area contributed by atoms with Gasteiger partial charge in [-0.1, -0.05) is 29.3 Å². The van der Waals surface area contributed by atoms with E-state index in [0.717, 1.165) is 11.3 Å². The molecule has 2 amide bonds. The molecule has 0 fully saturated rings. The summed E-state index contributed by atoms with van der Waals surface area (Å²) in [6.07, 6.45) is 0.221. The number of benzene rings is 2. The monoisotopic (exact) mass is 360 g/mol. The average Bonchev–Trinajstić information content (AvgIpc) is 2.52. The van der Waals surface area contributed by atoms with Crippen molar-refractivity contribution in [1.82, 2.24) is 0 Å². The fourth-order valence-electron chi connectivity index (χ4n) is 2.32. The van der Waals surface area contributed by atoms with E-state index in [1.54, 1.807) is 18.2 Å². The van der Waals surface area contributed by atoms with Gasteiger partial charge in [0.15, 0.2) is 0 Å². The topological polar surface area (TPSA) is 67.4 Å². The number of carbonyl (C=O) groups excluding carboxylic acids is 2. The van der Waals surface area contributed by atoms with Gasteiger partial charge < -0.3 is 15.4 Å². The van der Waals surface area contributed by atoms with Gasteiger partial charge in [0.1, 0.15) is 5.75 Å². The molecule has 0 atom stereocenters. The van der Waals surface area contributed by atoms with Crippen LogP contribution in [0.2, 0.25) is 5.02 Å². The highest BCUT2D eigenvalue weighted by molar-refractivity contribution is 6.34. The Morgan fingerprint density at radius 3 is 2.48 bits per heavy atom. The first-order valence-electron chi connectivity index (χ1n) is 7.92. The maximum atomic E-state index is 12.0. The zero-order chi connectivity index (χ0) is 18.4. The summed E-state index contributed by atoms with van der Waals surface area (Å²) in [5.41, 5.74) is 3.28. The molecule has 5 nitrogen and oxygen atoms in total. The molecule has 0 aliphatic heterocycles. The van der Waals surface area contributed by atoms with Crippen LogP contribution >= 0.6 is 11.6 Å². The van der Waals surface area contributed by atoms with Crippen molar-refractivity contribution in [1.29, 1.82) is 0 Å². The van der Waals surface area contributed by atoms with Crippen LogP contribution in [-0.4, -0.2) is 18.4 Å². The quantitative estimate of drug-likeness (QED) is 0.806. The van der Waals surface area contributed by atoms with Gasteiger partial charge in [-0.25, -0.2) is 0 Å². The summed E-state index contributed by atoms with van der Waals surface area (Å²) in [5, 5.41) is 5.73. The van der Waals surface area contributed by atoms with Crippen molar-refractivity contribution >= 4 is 34.8 Å². The predicted molar refractivity (Wildman–Crippen MR) is 100 cm³/mol. The maximum Gasteiger partial charge on any atom is 0.227 e. The lowest BCUT2D eigenvalue weighted by atomic mass is 10.1. The molecule has 0 saturated carbocycles. The van der Waals surface area contributed by atoms with Gasteiger partial charge in [0.2, 0.25) is 11.8 Å². The molecule has 2 N–H and O–H groups in total. The second-order valence-electron chi connectivity index (χ2n) is 5.79. The lowest BCUT2D eigenvalue weighted by molar-refractivity contribution is -0.116. The molecule has 2 aromatic rings. The smallest absolute Gasteiger partial charge is 0.227 e. The molecule has 0 saturated heterocycles. The van der Waals surface area contributed by atoms with Crippen molar-refractivity contribution < 1.29 is 14.3 Å². The molecule has 132 valence electrons. The molecule has 2 aromatic carbocycles. The van der Waals surface area contributed by atoms with Gasteiger partial charge in [0.05, 0.1) is 23.7 Å². The number of ether oxygens (including phenoxy) is 1. The first-order chi connectivity index (χ1) is 11.8. The van der Waals surface area contributed by atoms with E-state index >= 15 is 0 Å². The third-order valence-electron chi connectivity index (χ3n) is 3.48. The lowest BCUT2D eigenvalue weighted by Crippen LogP contribution is -2.15. The highest BCUT2D eigenvalue weighted by Crippen LogP contribution is 2.25. The van der Waals surface area contributed by atoms with E-state index in [4.69, 9.17) is 16.3 Å². The number of anilines is 2. The highest BCUT2D eigenvalue weighted by atomic mass is 35.5. The Morgan fingerprint density at radius 1 is 1.08 bits per heavy atom. The number of halogens is 1. The molecule has 0 aliphatic rings. The van der Waals surface area contributed by atoms with Gasteiger partial charge >= 0.3 is 0 Å². The molecular formula is C19H21ClN2O3. The second kappa shape index (κ2) is 8.53. The number of hydrogen-bond donors (Lipinski definition) is 2. The second-order valence-corrected chi connectivity index (χ2v) is 6.20. The van der Waals surface area contributed by atoms with Crippen LogP contribution in [-0.2, 0) is 9.59 Å². The van der Waals surface area contributed by atoms with E-state index in [-0.39, 0.29) is 24.8 Å². The molecule has 0 bridgehead atoms. The molecular weight excluding hydrogens is 340 g/mol. The number of hydrogen-bond acceptors (Lipinski definition) is 3. The van der Waals surface area contributed by atoms with Gasteiger partial charge in [-0.3, -0.25) is 9.59 Å². The first-order valence-corrected chi connectivity index (χ1v) is 8.30. The van der Waals surface area contributed by atoms with E-state index in [0.29, 0.717) is 16.4 Å². The van der Waals surface area contributed by atoms with Crippen LogP contribution in [0.4, 0.5) is 11.4 Å². The van der Waals surface area contributed by atoms with E-state index in [9.17, 15) is 9.59 Å². The average molecular weight is 361 g/mol. The van der Waals surface area contributed by atoms with Crippen molar-refractivity contribution in [3.8, 4) is 5.75 Å². The fraction of sp³-hybridized carbons (Fsp3) is 0.263. The molecule has 2 rings (SSSR count). The Bertz CT molecular complexity index is 790. The van der Waals surface area contributed by atoms with E-state index < -0.39 is 0 Å². The third-order valence-corrected chi connectivity index (χ3v) is 3.79. The molecule has 25 heavy (non-hydrogen) atoms. The minimum absolute atomic E-state index is 0.173. The summed E-state index contributed by atoms with van der Waals surface area (Å²) in [6, 6.07) is 10.8. The summed E-state index contributed by atoms with van der Waals surface area (Å²) in [5.74, 6) is 0.399. The summed E-state index contributed by atoms with van der Waals surface area (Å²) < 4.78 is 5.65. The van der Waals surface area contributed by atoms with E-state index in [2.05, 4.69) is 10.6 Å². The van der Waals surface area contributed by atoms with Gasteiger partial charge in [0.25, 0.3) is 0 Å². The molecule has 0 unspecified atom stereocenters. The number of carbonyl (C=O) groups is 2. The highest BCUT2D eigenvalue weighted by Gasteiger charge is 2.07. The summed E-state index contributed by atoms with van der Waals surface area (Å²) in [6.45, 7) is 5.68. The van der Waals surface area contributed by atoms with Crippen LogP contribution in [0.5, 0.6) is 5.75 Å². The van der Waals surface area contributed by atoms with Crippen molar-refractivity contribution in [3.63, 3.8) is 0 Å². The Balaban J connectivity index is 1.85. The Kier molecular flexibility index (Phi) is 6.42. The Labute approximate surface area is 152 Å². The molecule has 0 aromatic heterocycles. The number of aryl methyl sites for hydroxylation is 2.